The summed E-state index contributed by atoms with van der Waals surface area (Å²) >= 11 is 0. The van der Waals surface area contributed by atoms with E-state index in [2.05, 4.69) is 4.84 Å². The van der Waals surface area contributed by atoms with Gasteiger partial charge < -0.3 is 4.84 Å². The first-order chi connectivity index (χ1) is 6.18. The van der Waals surface area contributed by atoms with Crippen molar-refractivity contribution in [1.29, 1.82) is 0 Å². The van der Waals surface area contributed by atoms with Crippen molar-refractivity contribution in [1.82, 2.24) is 0 Å². The zero-order valence-corrected chi connectivity index (χ0v) is 7.34. The first-order valence-corrected chi connectivity index (χ1v) is 4.03. The maximum atomic E-state index is 9.98. The summed E-state index contributed by atoms with van der Waals surface area (Å²) in [7, 11) is 0. The number of hydrogen-bond donors (Lipinski definition) is 0. The molecule has 1 unspecified atom stereocenters. The van der Waals surface area contributed by atoms with Crippen LogP contribution in [0, 0.1) is 10.1 Å². The van der Waals surface area contributed by atoms with Crippen LogP contribution in [0.4, 0.5) is 0 Å². The molecule has 0 spiro atoms. The number of hydrogen-bond acceptors (Lipinski definition) is 3. The molecule has 1 aromatic carbocycles. The summed E-state index contributed by atoms with van der Waals surface area (Å²) in [4.78, 5) is 14.4. The van der Waals surface area contributed by atoms with E-state index in [1.807, 2.05) is 30.3 Å². The van der Waals surface area contributed by atoms with Crippen molar-refractivity contribution >= 4 is 0 Å². The Morgan fingerprint density at radius 2 is 2.08 bits per heavy atom. The fourth-order valence-corrected chi connectivity index (χ4v) is 1.13. The third-order valence-corrected chi connectivity index (χ3v) is 1.63. The zero-order valence-electron chi connectivity index (χ0n) is 7.34. The molecule has 13 heavy (non-hydrogen) atoms. The molecule has 0 bridgehead atoms. The molecule has 1 rings (SSSR count). The van der Waals surface area contributed by atoms with E-state index in [0.29, 0.717) is 6.42 Å². The third kappa shape index (κ3) is 3.55. The first kappa shape index (κ1) is 9.51. The highest BCUT2D eigenvalue weighted by Crippen LogP contribution is 2.05. The Bertz CT molecular complexity index is 273. The van der Waals surface area contributed by atoms with Crippen molar-refractivity contribution in [2.75, 3.05) is 0 Å². The molecular weight excluding hydrogens is 170 g/mol. The number of nitrogens with zero attached hydrogens (tertiary/aromatic N) is 1. The second kappa shape index (κ2) is 4.45. The molecule has 0 radical (unpaired) electrons. The lowest BCUT2D eigenvalue weighted by atomic mass is 10.1. The molecule has 4 heteroatoms. The fourth-order valence-electron chi connectivity index (χ4n) is 1.13. The van der Waals surface area contributed by atoms with Gasteiger partial charge in [-0.25, -0.2) is 0 Å². The van der Waals surface area contributed by atoms with Gasteiger partial charge in [-0.3, -0.25) is 0 Å². The van der Waals surface area contributed by atoms with Crippen LogP contribution in [0.5, 0.6) is 0 Å². The Balaban J connectivity index is 2.45. The van der Waals surface area contributed by atoms with Crippen molar-refractivity contribution < 1.29 is 9.92 Å². The van der Waals surface area contributed by atoms with Crippen LogP contribution in [-0.4, -0.2) is 11.2 Å². The Labute approximate surface area is 76.2 Å². The van der Waals surface area contributed by atoms with Gasteiger partial charge in [0, 0.05) is 0 Å². The average Bonchev–Trinajstić information content (AvgIpc) is 2.04. The van der Waals surface area contributed by atoms with Crippen LogP contribution in [0.2, 0.25) is 0 Å². The number of rotatable bonds is 4. The van der Waals surface area contributed by atoms with Crippen LogP contribution in [0.25, 0.3) is 0 Å². The molecule has 0 saturated heterocycles. The Morgan fingerprint density at radius 1 is 1.46 bits per heavy atom. The van der Waals surface area contributed by atoms with Gasteiger partial charge in [0.05, 0.1) is 0 Å². The van der Waals surface area contributed by atoms with E-state index in [-0.39, 0.29) is 0 Å². The fraction of sp³-hybridized carbons (Fsp3) is 0.333. The molecule has 70 valence electrons. The predicted octanol–water partition coefficient (Wildman–Crippen LogP) is 1.83. The highest BCUT2D eigenvalue weighted by atomic mass is 17.0. The zero-order chi connectivity index (χ0) is 9.68. The summed E-state index contributed by atoms with van der Waals surface area (Å²) in [5.41, 5.74) is 1.04. The summed E-state index contributed by atoms with van der Waals surface area (Å²) in [5.74, 6) is 0. The van der Waals surface area contributed by atoms with Crippen LogP contribution < -0.4 is 0 Å². The monoisotopic (exact) mass is 181 g/mol. The lowest BCUT2D eigenvalue weighted by molar-refractivity contribution is -0.767. The molecule has 1 aromatic rings. The van der Waals surface area contributed by atoms with Gasteiger partial charge in [0.15, 0.2) is 0 Å². The van der Waals surface area contributed by atoms with Gasteiger partial charge >= 0.3 is 0 Å². The Morgan fingerprint density at radius 3 is 2.62 bits per heavy atom. The highest BCUT2D eigenvalue weighted by Gasteiger charge is 2.06. The largest absolute Gasteiger partial charge is 0.311 e. The summed E-state index contributed by atoms with van der Waals surface area (Å²) < 4.78 is 0. The van der Waals surface area contributed by atoms with Crippen LogP contribution in [0.15, 0.2) is 30.3 Å². The molecular formula is C9H11NO3. The van der Waals surface area contributed by atoms with Gasteiger partial charge in [0.2, 0.25) is 0 Å². The minimum atomic E-state index is -0.756. The van der Waals surface area contributed by atoms with Crippen LogP contribution in [-0.2, 0) is 11.3 Å². The predicted molar refractivity (Wildman–Crippen MR) is 47.7 cm³/mol. The normalized spacial score (nSPS) is 12.1. The maximum absolute atomic E-state index is 9.98. The van der Waals surface area contributed by atoms with E-state index in [4.69, 9.17) is 0 Å². The minimum absolute atomic E-state index is 0.391. The van der Waals surface area contributed by atoms with Gasteiger partial charge in [-0.05, 0) is 18.9 Å². The molecule has 0 aromatic heterocycles. The van der Waals surface area contributed by atoms with Gasteiger partial charge in [-0.2, -0.15) is 0 Å². The van der Waals surface area contributed by atoms with Crippen molar-refractivity contribution in [3.8, 4) is 0 Å². The Kier molecular flexibility index (Phi) is 3.25. The SMILES string of the molecule is CC(Cc1ccccc1)O[N+](=O)[O-]. The number of benzene rings is 1. The molecule has 1 atom stereocenters. The summed E-state index contributed by atoms with van der Waals surface area (Å²) in [6.07, 6.45) is 0.166. The Hall–Kier alpha value is -1.58. The third-order valence-electron chi connectivity index (χ3n) is 1.63. The standard InChI is InChI=1S/C9H11NO3/c1-8(13-10(11)12)7-9-5-3-2-4-6-9/h2-6,8H,7H2,1H3. The van der Waals surface area contributed by atoms with E-state index in [0.717, 1.165) is 5.56 Å². The summed E-state index contributed by atoms with van der Waals surface area (Å²) in [6.45, 7) is 1.68. The molecule has 0 aliphatic heterocycles. The highest BCUT2D eigenvalue weighted by molar-refractivity contribution is 5.15. The maximum Gasteiger partial charge on any atom is 0.294 e. The molecule has 0 amide bonds. The van der Waals surface area contributed by atoms with E-state index in [1.165, 1.54) is 0 Å². The van der Waals surface area contributed by atoms with Gasteiger partial charge in [0.25, 0.3) is 5.09 Å². The van der Waals surface area contributed by atoms with Gasteiger partial charge in [-0.15, -0.1) is 10.1 Å². The molecule has 0 heterocycles. The molecule has 0 fully saturated rings. The van der Waals surface area contributed by atoms with Crippen molar-refractivity contribution in [2.45, 2.75) is 19.4 Å². The minimum Gasteiger partial charge on any atom is -0.311 e. The summed E-state index contributed by atoms with van der Waals surface area (Å²) in [5, 5.41) is 9.23. The molecule has 0 aliphatic rings. The van der Waals surface area contributed by atoms with Crippen molar-refractivity contribution in [3.63, 3.8) is 0 Å². The summed E-state index contributed by atoms with van der Waals surface area (Å²) in [6, 6.07) is 9.53. The topological polar surface area (TPSA) is 52.4 Å². The van der Waals surface area contributed by atoms with Crippen LogP contribution in [0.1, 0.15) is 12.5 Å². The first-order valence-electron chi connectivity index (χ1n) is 4.03. The van der Waals surface area contributed by atoms with E-state index >= 15 is 0 Å². The van der Waals surface area contributed by atoms with Crippen LogP contribution in [0.3, 0.4) is 0 Å². The molecule has 4 nitrogen and oxygen atoms in total. The lowest BCUT2D eigenvalue weighted by Gasteiger charge is -2.08. The molecule has 0 aliphatic carbocycles. The van der Waals surface area contributed by atoms with Crippen LogP contribution >= 0.6 is 0 Å². The second-order valence-corrected chi connectivity index (χ2v) is 2.83. The lowest BCUT2D eigenvalue weighted by Crippen LogP contribution is -2.15. The van der Waals surface area contributed by atoms with E-state index in [9.17, 15) is 10.1 Å². The molecule has 0 N–H and O–H groups in total. The molecule has 0 saturated carbocycles. The van der Waals surface area contributed by atoms with Gasteiger partial charge in [0.1, 0.15) is 6.10 Å². The van der Waals surface area contributed by atoms with Crippen molar-refractivity contribution in [2.24, 2.45) is 0 Å². The smallest absolute Gasteiger partial charge is 0.294 e. The quantitative estimate of drug-likeness (QED) is 0.526. The van der Waals surface area contributed by atoms with Crippen molar-refractivity contribution in [3.05, 3.63) is 46.0 Å². The van der Waals surface area contributed by atoms with Gasteiger partial charge in [-0.1, -0.05) is 30.3 Å². The average molecular weight is 181 g/mol. The van der Waals surface area contributed by atoms with E-state index in [1.54, 1.807) is 6.92 Å². The van der Waals surface area contributed by atoms with E-state index < -0.39 is 11.2 Å². The second-order valence-electron chi connectivity index (χ2n) is 2.83.